The van der Waals surface area contributed by atoms with Gasteiger partial charge in [0, 0.05) is 49.2 Å². The summed E-state index contributed by atoms with van der Waals surface area (Å²) in [6.07, 6.45) is 2.92. The molecule has 2 N–H and O–H groups in total. The molecule has 0 atom stereocenters. The average Bonchev–Trinajstić information content (AvgIpc) is 3.11. The highest BCUT2D eigenvalue weighted by atomic mass is 32.2. The Morgan fingerprint density at radius 2 is 1.33 bits per heavy atom. The Morgan fingerprint density at radius 1 is 0.792 bits per heavy atom. The fourth-order valence-corrected chi connectivity index (χ4v) is 7.15. The second-order valence-electron chi connectivity index (χ2n) is 12.3. The second-order valence-corrected chi connectivity index (χ2v) is 14.3. The summed E-state index contributed by atoms with van der Waals surface area (Å²) in [4.78, 5) is 6.68. The molecule has 5 aromatic rings. The molecule has 48 heavy (non-hydrogen) atoms. The van der Waals surface area contributed by atoms with E-state index in [2.05, 4.69) is 88.0 Å². The number of benzene rings is 4. The quantitative estimate of drug-likeness (QED) is 0.120. The summed E-state index contributed by atoms with van der Waals surface area (Å²) in [5.41, 5.74) is 4.84. The van der Waals surface area contributed by atoms with E-state index in [0.717, 1.165) is 22.4 Å². The van der Waals surface area contributed by atoms with Gasteiger partial charge in [0.05, 0.1) is 18.1 Å². The van der Waals surface area contributed by atoms with Crippen molar-refractivity contribution in [2.45, 2.75) is 25.5 Å². The summed E-state index contributed by atoms with van der Waals surface area (Å²) in [7, 11) is -3.25. The molecule has 2 heterocycles. The van der Waals surface area contributed by atoms with E-state index < -0.39 is 15.6 Å². The molecule has 0 amide bonds. The molecular formula is C39H41N5O3S. The molecule has 6 rings (SSSR count). The van der Waals surface area contributed by atoms with Crippen molar-refractivity contribution in [3.63, 3.8) is 0 Å². The Kier molecular flexibility index (Phi) is 9.61. The molecular weight excluding hydrogens is 619 g/mol. The van der Waals surface area contributed by atoms with Crippen LogP contribution in [0.15, 0.2) is 128 Å². The number of hydrogen-bond donors (Lipinski definition) is 2. The fraction of sp³-hybridized carbons (Fsp3) is 0.231. The summed E-state index contributed by atoms with van der Waals surface area (Å²) in [6.45, 7) is 5.81. The van der Waals surface area contributed by atoms with Gasteiger partial charge >= 0.3 is 0 Å². The molecule has 1 aliphatic heterocycles. The number of sulfonamides is 1. The van der Waals surface area contributed by atoms with Crippen molar-refractivity contribution in [1.82, 2.24) is 9.29 Å². The van der Waals surface area contributed by atoms with Crippen molar-refractivity contribution in [2.24, 2.45) is 0 Å². The first-order valence-electron chi connectivity index (χ1n) is 16.2. The summed E-state index contributed by atoms with van der Waals surface area (Å²) in [5, 5.41) is 13.6. The Labute approximate surface area is 283 Å². The van der Waals surface area contributed by atoms with Gasteiger partial charge in [0.25, 0.3) is 0 Å². The number of piperazine rings is 1. The maximum Gasteiger partial charge on any atom is 0.211 e. The van der Waals surface area contributed by atoms with Crippen LogP contribution >= 0.6 is 0 Å². The third-order valence-corrected chi connectivity index (χ3v) is 9.94. The van der Waals surface area contributed by atoms with Crippen molar-refractivity contribution in [3.8, 4) is 5.75 Å². The predicted molar refractivity (Wildman–Crippen MR) is 194 cm³/mol. The van der Waals surface area contributed by atoms with Crippen LogP contribution in [0.25, 0.3) is 0 Å². The SMILES string of the molecule is CC(C)Oc1ccc(NC(c2ccccc2)(c2ccccc2)c2ccccc2)c(C(=N)c2ccnc(N3CCN(S(C)(=O)=O)CC3)c2)c1. The van der Waals surface area contributed by atoms with Crippen LogP contribution in [-0.4, -0.2) is 62.0 Å². The van der Waals surface area contributed by atoms with Gasteiger partial charge in [0.1, 0.15) is 17.1 Å². The molecule has 1 fully saturated rings. The lowest BCUT2D eigenvalue weighted by atomic mass is 9.76. The molecule has 0 aliphatic carbocycles. The average molecular weight is 660 g/mol. The van der Waals surface area contributed by atoms with Crippen LogP contribution in [0, 0.1) is 5.41 Å². The lowest BCUT2D eigenvalue weighted by molar-refractivity contribution is 0.242. The normalized spacial score (nSPS) is 14.1. The molecule has 1 saturated heterocycles. The third-order valence-electron chi connectivity index (χ3n) is 8.64. The van der Waals surface area contributed by atoms with Gasteiger partial charge < -0.3 is 15.0 Å². The minimum atomic E-state index is -3.25. The lowest BCUT2D eigenvalue weighted by Gasteiger charge is -2.38. The first-order chi connectivity index (χ1) is 23.1. The number of ether oxygens (including phenoxy) is 1. The molecule has 8 nitrogen and oxygen atoms in total. The fourth-order valence-electron chi connectivity index (χ4n) is 6.32. The summed E-state index contributed by atoms with van der Waals surface area (Å²) in [5.74, 6) is 1.38. The monoisotopic (exact) mass is 659 g/mol. The van der Waals surface area contributed by atoms with E-state index >= 15 is 0 Å². The van der Waals surface area contributed by atoms with Crippen LogP contribution in [0.3, 0.4) is 0 Å². The number of nitrogens with zero attached hydrogens (tertiary/aromatic N) is 3. The highest BCUT2D eigenvalue weighted by Crippen LogP contribution is 2.41. The van der Waals surface area contributed by atoms with Gasteiger partial charge in [-0.3, -0.25) is 5.41 Å². The highest BCUT2D eigenvalue weighted by molar-refractivity contribution is 7.88. The van der Waals surface area contributed by atoms with E-state index in [9.17, 15) is 13.8 Å². The van der Waals surface area contributed by atoms with Gasteiger partial charge in [0.15, 0.2) is 0 Å². The van der Waals surface area contributed by atoms with Crippen molar-refractivity contribution < 1.29 is 13.2 Å². The molecule has 0 bridgehead atoms. The van der Waals surface area contributed by atoms with E-state index in [1.807, 2.05) is 62.4 Å². The largest absolute Gasteiger partial charge is 0.491 e. The van der Waals surface area contributed by atoms with Crippen LogP contribution in [0.1, 0.15) is 41.7 Å². The van der Waals surface area contributed by atoms with Gasteiger partial charge in [-0.15, -0.1) is 0 Å². The molecule has 4 aromatic carbocycles. The smallest absolute Gasteiger partial charge is 0.211 e. The number of rotatable bonds is 11. The molecule has 246 valence electrons. The van der Waals surface area contributed by atoms with Gasteiger partial charge in [-0.25, -0.2) is 13.4 Å². The minimum Gasteiger partial charge on any atom is -0.491 e. The van der Waals surface area contributed by atoms with Crippen molar-refractivity contribution >= 4 is 27.2 Å². The maximum absolute atomic E-state index is 12.1. The van der Waals surface area contributed by atoms with Gasteiger partial charge in [-0.2, -0.15) is 4.31 Å². The number of aromatic nitrogens is 1. The first kappa shape index (κ1) is 32.9. The van der Waals surface area contributed by atoms with Crippen LogP contribution in [0.5, 0.6) is 5.75 Å². The zero-order valence-electron chi connectivity index (χ0n) is 27.5. The molecule has 1 aromatic heterocycles. The number of pyridine rings is 1. The van der Waals surface area contributed by atoms with E-state index in [-0.39, 0.29) is 6.10 Å². The first-order valence-corrected chi connectivity index (χ1v) is 18.0. The van der Waals surface area contributed by atoms with Gasteiger partial charge in [-0.05, 0) is 60.9 Å². The van der Waals surface area contributed by atoms with Crippen LogP contribution in [0.4, 0.5) is 11.5 Å². The van der Waals surface area contributed by atoms with Gasteiger partial charge in [-0.1, -0.05) is 91.0 Å². The molecule has 0 saturated carbocycles. The van der Waals surface area contributed by atoms with Crippen molar-refractivity contribution in [3.05, 3.63) is 155 Å². The minimum absolute atomic E-state index is 0.0407. The number of anilines is 2. The third kappa shape index (κ3) is 6.98. The highest BCUT2D eigenvalue weighted by Gasteiger charge is 2.37. The molecule has 0 spiro atoms. The second kappa shape index (κ2) is 14.0. The Morgan fingerprint density at radius 3 is 1.83 bits per heavy atom. The van der Waals surface area contributed by atoms with E-state index in [1.165, 1.54) is 10.6 Å². The lowest BCUT2D eigenvalue weighted by Crippen LogP contribution is -2.48. The molecule has 9 heteroatoms. The van der Waals surface area contributed by atoms with Gasteiger partial charge in [0.2, 0.25) is 10.0 Å². The topological polar surface area (TPSA) is 98.6 Å². The van der Waals surface area contributed by atoms with Crippen LogP contribution in [-0.2, 0) is 15.6 Å². The predicted octanol–water partition coefficient (Wildman–Crippen LogP) is 6.77. The molecule has 1 aliphatic rings. The summed E-state index contributed by atoms with van der Waals surface area (Å²) in [6, 6.07) is 40.8. The molecule has 0 radical (unpaired) electrons. The van der Waals surface area contributed by atoms with Crippen molar-refractivity contribution in [2.75, 3.05) is 42.7 Å². The summed E-state index contributed by atoms with van der Waals surface area (Å²) < 4.78 is 31.8. The number of hydrogen-bond acceptors (Lipinski definition) is 7. The maximum atomic E-state index is 12.1. The molecule has 0 unspecified atom stereocenters. The van der Waals surface area contributed by atoms with Crippen LogP contribution < -0.4 is 15.0 Å². The van der Waals surface area contributed by atoms with E-state index in [0.29, 0.717) is 54.6 Å². The standard InChI is InChI=1S/C39H41N5O3S/c1-29(2)47-34-19-20-36(35(28-34)38(40)30-21-22-41-37(27-30)43-23-25-44(26-24-43)48(3,45)46)42-39(31-13-7-4-8-14-31,32-15-9-5-10-16-32)33-17-11-6-12-18-33/h4-22,27-29,40,42H,23-26H2,1-3H3. The Hall–Kier alpha value is -4.99. The zero-order chi connectivity index (χ0) is 33.7. The van der Waals surface area contributed by atoms with Crippen molar-refractivity contribution in [1.29, 1.82) is 5.41 Å². The van der Waals surface area contributed by atoms with Crippen LogP contribution in [0.2, 0.25) is 0 Å². The number of nitrogens with one attached hydrogen (secondary N) is 2. The van der Waals surface area contributed by atoms with E-state index in [4.69, 9.17) is 4.74 Å². The zero-order valence-corrected chi connectivity index (χ0v) is 28.3. The van der Waals surface area contributed by atoms with E-state index in [1.54, 1.807) is 6.20 Å². The Balaban J connectivity index is 1.45. The summed E-state index contributed by atoms with van der Waals surface area (Å²) >= 11 is 0. The Bertz CT molecular complexity index is 1860.